The third kappa shape index (κ3) is 313. The van der Waals surface area contributed by atoms with Crippen molar-refractivity contribution in [3.05, 3.63) is 0 Å². The van der Waals surface area contributed by atoms with Crippen LogP contribution in [0.15, 0.2) is 0 Å². The van der Waals surface area contributed by atoms with Crippen LogP contribution in [0, 0.1) is 0 Å². The van der Waals surface area contributed by atoms with E-state index in [-0.39, 0.29) is 82.2 Å². The maximum absolute atomic E-state index is 9.46. The van der Waals surface area contributed by atoms with Gasteiger partial charge in [-0.3, -0.25) is 4.55 Å². The van der Waals surface area contributed by atoms with Crippen LogP contribution in [0.3, 0.4) is 0 Å². The van der Waals surface area contributed by atoms with E-state index in [2.05, 4.69) is 4.10 Å². The van der Waals surface area contributed by atoms with E-state index >= 15 is 0 Å². The predicted octanol–water partition coefficient (Wildman–Crippen LogP) is -10.7. The Hall–Kier alpha value is 0.942. The second kappa shape index (κ2) is 88.4. The molecule has 0 amide bonds. The molecule has 0 heterocycles. The molecule has 0 aliphatic rings. The molecule has 178 valence electrons. The fraction of sp³-hybridized carbons (Fsp3) is 0. The van der Waals surface area contributed by atoms with Gasteiger partial charge in [-0.2, -0.15) is 8.42 Å². The van der Waals surface area contributed by atoms with Crippen LogP contribution in [0.25, 0.3) is 0 Å². The van der Waals surface area contributed by atoms with Crippen LogP contribution in [-0.2, 0) is 43.6 Å². The minimum Gasteiger partial charge on any atom is 0 e. The molecule has 0 fully saturated rings. The number of halogens is 2. The van der Waals surface area contributed by atoms with Gasteiger partial charge in [0, 0.05) is 16.5 Å². The van der Waals surface area contributed by atoms with Gasteiger partial charge in [0.15, 0.2) is 0 Å². The van der Waals surface area contributed by atoms with E-state index in [9.17, 15) is 8.42 Å². The Balaban J connectivity index is -0.00000000369. The maximum atomic E-state index is 9.46. The summed E-state index contributed by atoms with van der Waals surface area (Å²) in [5.41, 5.74) is 0. The molecule has 24 heteroatoms. The van der Waals surface area contributed by atoms with Crippen LogP contribution in [0.2, 0.25) is 0 Å². The van der Waals surface area contributed by atoms with E-state index in [1.807, 2.05) is 0 Å². The zero-order valence-electron chi connectivity index (χ0n) is 10.9. The van der Waals surface area contributed by atoms with Crippen LogP contribution in [0.4, 0.5) is 0 Å². The Kier molecular flexibility index (Phi) is 533. The van der Waals surface area contributed by atoms with Crippen LogP contribution in [0.5, 0.6) is 0 Å². The minimum atomic E-state index is -4.72. The van der Waals surface area contributed by atoms with Crippen LogP contribution in [-0.4, -0.2) is 96.1 Å². The zero-order chi connectivity index (χ0) is 9.49. The Morgan fingerprint density at radius 2 is 0.833 bits per heavy atom. The first kappa shape index (κ1) is 145. The zero-order valence-corrected chi connectivity index (χ0v) is 15.2. The molecule has 0 saturated heterocycles. The molecule has 0 atom stereocenters. The van der Waals surface area contributed by atoms with Gasteiger partial charge in [-0.15, -0.1) is 0 Å². The summed E-state index contributed by atoms with van der Waals surface area (Å²) in [4.78, 5) is 0. The SMILES string of the molecule is O.O.O.O.O.O.O.O.O.O.O.O.O=S(=O)(O)OB(O)O.[Cl][Ni][Cl].[Ni]. The van der Waals surface area contributed by atoms with Crippen molar-refractivity contribution in [2.45, 2.75) is 0 Å². The van der Waals surface area contributed by atoms with Crippen LogP contribution in [0.1, 0.15) is 0 Å². The van der Waals surface area contributed by atoms with Gasteiger partial charge in [-0.25, -0.2) is 4.10 Å². The van der Waals surface area contributed by atoms with Gasteiger partial charge in [-0.1, -0.05) is 0 Å². The van der Waals surface area contributed by atoms with E-state index in [1.165, 1.54) is 0 Å². The van der Waals surface area contributed by atoms with E-state index in [4.69, 9.17) is 35.0 Å². The molecule has 0 radical (unpaired) electrons. The summed E-state index contributed by atoms with van der Waals surface area (Å²) in [5, 5.41) is 15.4. The summed E-state index contributed by atoms with van der Waals surface area (Å²) in [6, 6.07) is 0. The molecule has 0 unspecified atom stereocenters. The molecule has 0 aliphatic carbocycles. The number of hydrogen-bond donors (Lipinski definition) is 3. The van der Waals surface area contributed by atoms with E-state index in [1.54, 1.807) is 0 Å². The summed E-state index contributed by atoms with van der Waals surface area (Å²) in [6.07, 6.45) is 0. The average molecular weight is 546 g/mol. The molecule has 0 bridgehead atoms. The van der Waals surface area contributed by atoms with Gasteiger partial charge in [0.05, 0.1) is 0 Å². The van der Waals surface area contributed by atoms with E-state index in [0.717, 1.165) is 0 Å². The second-order valence-corrected chi connectivity index (χ2v) is 3.57. The van der Waals surface area contributed by atoms with Crippen molar-refractivity contribution in [3.63, 3.8) is 0 Å². The van der Waals surface area contributed by atoms with Gasteiger partial charge < -0.3 is 75.8 Å². The molecular formula is H27BCl2Ni2O18S. The largest absolute Gasteiger partial charge is 0 e. The van der Waals surface area contributed by atoms with Gasteiger partial charge in [0.1, 0.15) is 0 Å². The topological polar surface area (TPSA) is 482 Å². The molecule has 18 nitrogen and oxygen atoms in total. The maximum Gasteiger partial charge on any atom is 0 e. The molecule has 0 aliphatic heterocycles. The summed E-state index contributed by atoms with van der Waals surface area (Å²) >= 11 is 0.569. The van der Waals surface area contributed by atoms with Crippen molar-refractivity contribution in [1.82, 2.24) is 0 Å². The fourth-order valence-electron chi connectivity index (χ4n) is 0.109. The van der Waals surface area contributed by atoms with Crippen molar-refractivity contribution in [2.24, 2.45) is 0 Å². The number of rotatable bonds is 2. The number of hydrogen-bond acceptors (Lipinski definition) is 5. The van der Waals surface area contributed by atoms with Crippen molar-refractivity contribution in [2.75, 3.05) is 0 Å². The summed E-state index contributed by atoms with van der Waals surface area (Å²) < 4.78 is 29.6. The standard InChI is InChI=1S/BH3O6S.2ClH.2Ni.12H2O/c2-1(3)7-8(4,5)6;;;;;;;;;;;;;;;;/h2-3H,(H,4,5,6);2*1H;;;12*1H2/q;;;;+2;;;;;;;;;;;;/p-2. The van der Waals surface area contributed by atoms with E-state index in [0.29, 0.717) is 12.7 Å². The summed E-state index contributed by atoms with van der Waals surface area (Å²) in [7, 11) is 2.18. The fourth-order valence-corrected chi connectivity index (χ4v) is 0.326. The second-order valence-electron chi connectivity index (χ2n) is 0.895. The monoisotopic (exact) mass is 544 g/mol. The van der Waals surface area contributed by atoms with Gasteiger partial charge >= 0.3 is 50.8 Å². The smallest absolute Gasteiger partial charge is 0 e. The van der Waals surface area contributed by atoms with E-state index < -0.39 is 17.7 Å². The quantitative estimate of drug-likeness (QED) is 0.223. The molecule has 0 spiro atoms. The van der Waals surface area contributed by atoms with Gasteiger partial charge in [0.25, 0.3) is 0 Å². The molecule has 0 saturated carbocycles. The van der Waals surface area contributed by atoms with Crippen molar-refractivity contribution in [1.29, 1.82) is 0 Å². The van der Waals surface area contributed by atoms with Crippen LogP contribution < -0.4 is 0 Å². The Bertz CT molecular complexity index is 176. The Morgan fingerprint density at radius 3 is 0.833 bits per heavy atom. The minimum absolute atomic E-state index is 0. The first-order valence-corrected chi connectivity index (χ1v) is 5.76. The third-order valence-electron chi connectivity index (χ3n) is 0.208. The summed E-state index contributed by atoms with van der Waals surface area (Å²) in [5.74, 6) is 0. The molecule has 0 rings (SSSR count). The van der Waals surface area contributed by atoms with Crippen molar-refractivity contribution < 1.29 is 122 Å². The van der Waals surface area contributed by atoms with Crippen molar-refractivity contribution >= 4 is 38.1 Å². The summed E-state index contributed by atoms with van der Waals surface area (Å²) in [6.45, 7) is 0. The molecule has 24 heavy (non-hydrogen) atoms. The molecular weight excluding hydrogens is 519 g/mol. The predicted molar refractivity (Wildman–Crippen MR) is 77.9 cm³/mol. The molecule has 27 N–H and O–H groups in total. The first-order chi connectivity index (χ1) is 4.83. The van der Waals surface area contributed by atoms with Gasteiger partial charge in [-0.05, 0) is 0 Å². The first-order valence-electron chi connectivity index (χ1n) is 1.67. The Morgan fingerprint density at radius 1 is 0.708 bits per heavy atom. The average Bonchev–Trinajstić information content (AvgIpc) is 1.57. The third-order valence-corrected chi connectivity index (χ3v) is 0.623. The van der Waals surface area contributed by atoms with Crippen LogP contribution >= 0.6 is 20.4 Å². The molecule has 0 aromatic rings. The van der Waals surface area contributed by atoms with Gasteiger partial charge in [0.2, 0.25) is 0 Å². The molecule has 0 aromatic carbocycles. The molecule has 0 aromatic heterocycles. The normalized spacial score (nSPS) is 4.71. The van der Waals surface area contributed by atoms with Crippen molar-refractivity contribution in [3.8, 4) is 0 Å². The Labute approximate surface area is 160 Å².